The van der Waals surface area contributed by atoms with Crippen molar-refractivity contribution in [3.05, 3.63) is 88.7 Å². The number of benzene rings is 3. The van der Waals surface area contributed by atoms with Crippen molar-refractivity contribution >= 4 is 38.8 Å². The van der Waals surface area contributed by atoms with Gasteiger partial charge in [0.15, 0.2) is 5.78 Å². The topological polar surface area (TPSA) is 89.3 Å². The van der Waals surface area contributed by atoms with Gasteiger partial charge in [-0.3, -0.25) is 9.52 Å². The van der Waals surface area contributed by atoms with Gasteiger partial charge in [0.2, 0.25) is 0 Å². The fourth-order valence-corrected chi connectivity index (χ4v) is 3.69. The van der Waals surface area contributed by atoms with E-state index in [1.165, 1.54) is 60.7 Å². The smallest absolute Gasteiger partial charge is 0.261 e. The van der Waals surface area contributed by atoms with Crippen molar-refractivity contribution in [3.8, 4) is 0 Å². The van der Waals surface area contributed by atoms with E-state index in [0.717, 1.165) is 6.07 Å². The fourth-order valence-electron chi connectivity index (χ4n) is 2.43. The molecule has 0 amide bonds. The molecule has 0 heterocycles. The predicted octanol–water partition coefficient (Wildman–Crippen LogP) is 4.09. The first-order valence-corrected chi connectivity index (χ1v) is 9.61. The van der Waals surface area contributed by atoms with Gasteiger partial charge in [0, 0.05) is 16.3 Å². The first-order valence-electron chi connectivity index (χ1n) is 7.75. The average molecular weight is 405 g/mol. The van der Waals surface area contributed by atoms with E-state index in [9.17, 15) is 17.6 Å². The van der Waals surface area contributed by atoms with Gasteiger partial charge in [0.1, 0.15) is 5.82 Å². The molecule has 0 spiro atoms. The van der Waals surface area contributed by atoms with Crippen molar-refractivity contribution in [3.63, 3.8) is 0 Å². The van der Waals surface area contributed by atoms with Crippen LogP contribution in [0.2, 0.25) is 5.02 Å². The third-order valence-corrected chi connectivity index (χ3v) is 5.40. The van der Waals surface area contributed by atoms with Crippen LogP contribution in [0, 0.1) is 5.82 Å². The fraction of sp³-hybridized carbons (Fsp3) is 0. The zero-order valence-corrected chi connectivity index (χ0v) is 15.4. The summed E-state index contributed by atoms with van der Waals surface area (Å²) in [4.78, 5) is 12.7. The molecule has 0 aliphatic rings. The summed E-state index contributed by atoms with van der Waals surface area (Å²) >= 11 is 5.96. The van der Waals surface area contributed by atoms with E-state index >= 15 is 0 Å². The number of anilines is 2. The second kappa shape index (κ2) is 7.38. The SMILES string of the molecule is Nc1ccc(S(=O)(=O)Nc2ccc(Cl)cc2C(=O)c2ccccc2F)cc1. The number of nitrogens with one attached hydrogen (secondary N) is 1. The lowest BCUT2D eigenvalue weighted by atomic mass is 10.0. The molecule has 27 heavy (non-hydrogen) atoms. The second-order valence-electron chi connectivity index (χ2n) is 5.67. The van der Waals surface area contributed by atoms with Crippen molar-refractivity contribution < 1.29 is 17.6 Å². The summed E-state index contributed by atoms with van der Waals surface area (Å²) in [5.41, 5.74) is 5.72. The Hall–Kier alpha value is -2.90. The van der Waals surface area contributed by atoms with Crippen LogP contribution in [0.4, 0.5) is 15.8 Å². The van der Waals surface area contributed by atoms with E-state index in [0.29, 0.717) is 5.69 Å². The van der Waals surface area contributed by atoms with E-state index < -0.39 is 21.6 Å². The number of carbonyl (C=O) groups is 1. The molecule has 3 aromatic rings. The molecule has 0 atom stereocenters. The number of sulfonamides is 1. The Labute approximate surface area is 160 Å². The van der Waals surface area contributed by atoms with Gasteiger partial charge in [-0.2, -0.15) is 0 Å². The lowest BCUT2D eigenvalue weighted by molar-refractivity contribution is 0.103. The van der Waals surface area contributed by atoms with Gasteiger partial charge in [0.25, 0.3) is 10.0 Å². The molecule has 8 heteroatoms. The summed E-state index contributed by atoms with van der Waals surface area (Å²) in [5.74, 6) is -1.40. The summed E-state index contributed by atoms with van der Waals surface area (Å²) in [6.07, 6.45) is 0. The molecule has 3 rings (SSSR count). The number of ketones is 1. The molecule has 0 saturated carbocycles. The largest absolute Gasteiger partial charge is 0.399 e. The normalized spacial score (nSPS) is 11.2. The summed E-state index contributed by atoms with van der Waals surface area (Å²) in [7, 11) is -3.99. The minimum atomic E-state index is -3.99. The van der Waals surface area contributed by atoms with E-state index in [4.69, 9.17) is 17.3 Å². The highest BCUT2D eigenvalue weighted by Crippen LogP contribution is 2.27. The molecule has 5 nitrogen and oxygen atoms in total. The van der Waals surface area contributed by atoms with Crippen LogP contribution in [-0.4, -0.2) is 14.2 Å². The number of nitrogens with two attached hydrogens (primary N) is 1. The predicted molar refractivity (Wildman–Crippen MR) is 103 cm³/mol. The van der Waals surface area contributed by atoms with Gasteiger partial charge in [-0.25, -0.2) is 12.8 Å². The zero-order valence-electron chi connectivity index (χ0n) is 13.8. The van der Waals surface area contributed by atoms with Crippen LogP contribution in [0.15, 0.2) is 71.6 Å². The standard InChI is InChI=1S/C19H14ClFN2O3S/c20-12-5-10-18(23-27(25,26)14-8-6-13(22)7-9-14)16(11-12)19(24)15-3-1-2-4-17(15)21/h1-11,23H,22H2. The minimum absolute atomic E-state index is 0.00974. The summed E-state index contributed by atoms with van der Waals surface area (Å²) in [6, 6.07) is 15.1. The summed E-state index contributed by atoms with van der Waals surface area (Å²) < 4.78 is 41.6. The van der Waals surface area contributed by atoms with E-state index in [-0.39, 0.29) is 26.7 Å². The quantitative estimate of drug-likeness (QED) is 0.495. The maximum atomic E-state index is 14.0. The number of halogens is 2. The summed E-state index contributed by atoms with van der Waals surface area (Å²) in [6.45, 7) is 0. The molecule has 0 unspecified atom stereocenters. The molecule has 0 aliphatic heterocycles. The van der Waals surface area contributed by atoms with E-state index in [2.05, 4.69) is 4.72 Å². The Bertz CT molecular complexity index is 1120. The molecule has 0 bridgehead atoms. The molecule has 0 aromatic heterocycles. The monoisotopic (exact) mass is 404 g/mol. The van der Waals surface area contributed by atoms with Crippen molar-refractivity contribution in [2.75, 3.05) is 10.5 Å². The van der Waals surface area contributed by atoms with Crippen molar-refractivity contribution in [2.45, 2.75) is 4.90 Å². The molecule has 0 radical (unpaired) electrons. The van der Waals surface area contributed by atoms with Crippen LogP contribution < -0.4 is 10.5 Å². The van der Waals surface area contributed by atoms with Crippen LogP contribution >= 0.6 is 11.6 Å². The molecule has 0 fully saturated rings. The lowest BCUT2D eigenvalue weighted by Crippen LogP contribution is -2.16. The highest BCUT2D eigenvalue weighted by Gasteiger charge is 2.21. The Morgan fingerprint density at radius 2 is 1.63 bits per heavy atom. The average Bonchev–Trinajstić information content (AvgIpc) is 2.63. The van der Waals surface area contributed by atoms with Gasteiger partial charge in [-0.05, 0) is 54.6 Å². The third-order valence-electron chi connectivity index (χ3n) is 3.78. The molecule has 138 valence electrons. The maximum absolute atomic E-state index is 14.0. The van der Waals surface area contributed by atoms with Crippen LogP contribution in [0.3, 0.4) is 0 Å². The molecule has 3 N–H and O–H groups in total. The van der Waals surface area contributed by atoms with Crippen LogP contribution in [0.25, 0.3) is 0 Å². The van der Waals surface area contributed by atoms with Crippen LogP contribution in [-0.2, 0) is 10.0 Å². The molecule has 3 aromatic carbocycles. The van der Waals surface area contributed by atoms with Crippen molar-refractivity contribution in [1.29, 1.82) is 0 Å². The highest BCUT2D eigenvalue weighted by atomic mass is 35.5. The lowest BCUT2D eigenvalue weighted by Gasteiger charge is -2.13. The zero-order chi connectivity index (χ0) is 19.6. The maximum Gasteiger partial charge on any atom is 0.261 e. The molecular formula is C19H14ClFN2O3S. The third kappa shape index (κ3) is 4.10. The number of hydrogen-bond acceptors (Lipinski definition) is 4. The summed E-state index contributed by atoms with van der Waals surface area (Å²) in [5, 5.41) is 0.213. The van der Waals surface area contributed by atoms with Gasteiger partial charge >= 0.3 is 0 Å². The van der Waals surface area contributed by atoms with E-state index in [1.54, 1.807) is 0 Å². The highest BCUT2D eigenvalue weighted by molar-refractivity contribution is 7.92. The van der Waals surface area contributed by atoms with Gasteiger partial charge in [0.05, 0.1) is 16.1 Å². The first-order chi connectivity index (χ1) is 12.8. The number of rotatable bonds is 5. The Morgan fingerprint density at radius 1 is 0.963 bits per heavy atom. The van der Waals surface area contributed by atoms with Gasteiger partial charge in [-0.1, -0.05) is 23.7 Å². The van der Waals surface area contributed by atoms with Crippen LogP contribution in [0.5, 0.6) is 0 Å². The number of nitrogen functional groups attached to an aromatic ring is 1. The number of carbonyl (C=O) groups excluding carboxylic acids is 1. The Balaban J connectivity index is 2.03. The minimum Gasteiger partial charge on any atom is -0.399 e. The van der Waals surface area contributed by atoms with Crippen molar-refractivity contribution in [2.24, 2.45) is 0 Å². The first kappa shape index (κ1) is 18.9. The van der Waals surface area contributed by atoms with Crippen molar-refractivity contribution in [1.82, 2.24) is 0 Å². The Morgan fingerprint density at radius 3 is 2.30 bits per heavy atom. The van der Waals surface area contributed by atoms with Crippen LogP contribution in [0.1, 0.15) is 15.9 Å². The molecule has 0 aliphatic carbocycles. The van der Waals surface area contributed by atoms with Gasteiger partial charge < -0.3 is 5.73 Å². The molecule has 0 saturated heterocycles. The second-order valence-corrected chi connectivity index (χ2v) is 7.79. The Kier molecular flexibility index (Phi) is 5.16. The molecular weight excluding hydrogens is 391 g/mol. The van der Waals surface area contributed by atoms with E-state index in [1.807, 2.05) is 0 Å². The number of hydrogen-bond donors (Lipinski definition) is 2. The van der Waals surface area contributed by atoms with Gasteiger partial charge in [-0.15, -0.1) is 0 Å².